The van der Waals surface area contributed by atoms with Crippen molar-refractivity contribution in [1.29, 1.82) is 0 Å². The Hall–Kier alpha value is -2.45. The maximum atomic E-state index is 13.4. The Morgan fingerprint density at radius 2 is 2.04 bits per heavy atom. The monoisotopic (exact) mass is 423 g/mol. The van der Waals surface area contributed by atoms with Gasteiger partial charge in [0.15, 0.2) is 0 Å². The van der Waals surface area contributed by atoms with Crippen molar-refractivity contribution in [2.45, 2.75) is 26.3 Å². The SMILES string of the molecule is CCS(=O)(=O)Nc1ccccc1C1=NN(C(C)=O)C(c2ccc(F)cc2Cl)C1. The van der Waals surface area contributed by atoms with Crippen molar-refractivity contribution in [1.82, 2.24) is 5.01 Å². The van der Waals surface area contributed by atoms with Gasteiger partial charge in [-0.05, 0) is 30.7 Å². The number of hydrazone groups is 1. The van der Waals surface area contributed by atoms with Gasteiger partial charge in [-0.25, -0.2) is 17.8 Å². The van der Waals surface area contributed by atoms with E-state index in [1.165, 1.54) is 30.1 Å². The number of rotatable bonds is 5. The molecular formula is C19H19ClFN3O3S. The van der Waals surface area contributed by atoms with Crippen LogP contribution in [0.2, 0.25) is 5.02 Å². The Morgan fingerprint density at radius 3 is 2.68 bits per heavy atom. The number of anilines is 1. The Morgan fingerprint density at radius 1 is 1.32 bits per heavy atom. The van der Waals surface area contributed by atoms with E-state index in [1.807, 2.05) is 0 Å². The number of halogens is 2. The molecule has 2 aromatic rings. The molecule has 1 N–H and O–H groups in total. The molecule has 0 aromatic heterocycles. The second kappa shape index (κ2) is 7.89. The summed E-state index contributed by atoms with van der Waals surface area (Å²) in [4.78, 5) is 12.1. The minimum absolute atomic E-state index is 0.0683. The molecule has 0 saturated carbocycles. The average Bonchev–Trinajstić information content (AvgIpc) is 3.07. The van der Waals surface area contributed by atoms with E-state index in [0.29, 0.717) is 28.9 Å². The van der Waals surface area contributed by atoms with Gasteiger partial charge in [0.25, 0.3) is 0 Å². The Balaban J connectivity index is 2.01. The first-order valence-corrected chi connectivity index (χ1v) is 10.7. The highest BCUT2D eigenvalue weighted by atomic mass is 35.5. The second-order valence-electron chi connectivity index (χ2n) is 6.35. The fourth-order valence-electron chi connectivity index (χ4n) is 3.04. The highest BCUT2D eigenvalue weighted by Gasteiger charge is 2.33. The molecule has 1 heterocycles. The zero-order valence-electron chi connectivity index (χ0n) is 15.3. The molecule has 1 amide bonds. The molecule has 9 heteroatoms. The van der Waals surface area contributed by atoms with Gasteiger partial charge in [0.2, 0.25) is 15.9 Å². The first kappa shape index (κ1) is 20.3. The number of hydrogen-bond donors (Lipinski definition) is 1. The normalized spacial score (nSPS) is 16.8. The molecule has 6 nitrogen and oxygen atoms in total. The molecule has 1 unspecified atom stereocenters. The Labute approximate surface area is 168 Å². The summed E-state index contributed by atoms with van der Waals surface area (Å²) in [6.07, 6.45) is 0.315. The van der Waals surface area contributed by atoms with Crippen molar-refractivity contribution in [2.75, 3.05) is 10.5 Å². The number of benzene rings is 2. The van der Waals surface area contributed by atoms with Gasteiger partial charge in [-0.15, -0.1) is 0 Å². The number of carbonyl (C=O) groups excluding carboxylic acids is 1. The van der Waals surface area contributed by atoms with E-state index in [0.717, 1.165) is 0 Å². The third kappa shape index (κ3) is 4.18. The summed E-state index contributed by atoms with van der Waals surface area (Å²) in [6.45, 7) is 2.92. The number of hydrogen-bond acceptors (Lipinski definition) is 4. The van der Waals surface area contributed by atoms with Gasteiger partial charge in [0.05, 0.1) is 23.2 Å². The van der Waals surface area contributed by atoms with E-state index in [9.17, 15) is 17.6 Å². The second-order valence-corrected chi connectivity index (χ2v) is 8.77. The summed E-state index contributed by atoms with van der Waals surface area (Å²) in [5.41, 5.74) is 2.07. The van der Waals surface area contributed by atoms with Crippen LogP contribution in [0.25, 0.3) is 0 Å². The number of sulfonamides is 1. The van der Waals surface area contributed by atoms with Gasteiger partial charge < -0.3 is 0 Å². The quantitative estimate of drug-likeness (QED) is 0.791. The molecular weight excluding hydrogens is 405 g/mol. The molecule has 0 saturated heterocycles. The molecule has 0 spiro atoms. The number of carbonyl (C=O) groups is 1. The Bertz CT molecular complexity index is 1060. The van der Waals surface area contributed by atoms with Crippen LogP contribution in [0.4, 0.5) is 10.1 Å². The third-order valence-corrected chi connectivity index (χ3v) is 6.06. The molecule has 2 aromatic carbocycles. The zero-order chi connectivity index (χ0) is 20.5. The maximum Gasteiger partial charge on any atom is 0.240 e. The molecule has 28 heavy (non-hydrogen) atoms. The summed E-state index contributed by atoms with van der Waals surface area (Å²) < 4.78 is 40.0. The maximum absolute atomic E-state index is 13.4. The topological polar surface area (TPSA) is 78.8 Å². The first-order valence-electron chi connectivity index (χ1n) is 8.64. The molecule has 0 bridgehead atoms. The molecule has 3 rings (SSSR count). The molecule has 1 atom stereocenters. The number of amides is 1. The lowest BCUT2D eigenvalue weighted by molar-refractivity contribution is -0.130. The molecule has 0 radical (unpaired) electrons. The van der Waals surface area contributed by atoms with E-state index in [1.54, 1.807) is 31.2 Å². The van der Waals surface area contributed by atoms with Crippen molar-refractivity contribution < 1.29 is 17.6 Å². The van der Waals surface area contributed by atoms with Crippen LogP contribution in [-0.2, 0) is 14.8 Å². The standard InChI is InChI=1S/C19H19ClFN3O3S/c1-3-28(26,27)23-17-7-5-4-6-15(17)18-11-19(24(22-18)12(2)25)14-9-8-13(21)10-16(14)20/h4-10,19,23H,3,11H2,1-2H3. The van der Waals surface area contributed by atoms with Gasteiger partial charge >= 0.3 is 0 Å². The molecule has 0 aliphatic carbocycles. The lowest BCUT2D eigenvalue weighted by atomic mass is 9.97. The minimum Gasteiger partial charge on any atom is -0.283 e. The van der Waals surface area contributed by atoms with Crippen LogP contribution in [0.5, 0.6) is 0 Å². The van der Waals surface area contributed by atoms with E-state index < -0.39 is 21.9 Å². The van der Waals surface area contributed by atoms with Crippen LogP contribution in [0.15, 0.2) is 47.6 Å². The van der Waals surface area contributed by atoms with Crippen molar-refractivity contribution in [3.63, 3.8) is 0 Å². The third-order valence-electron chi connectivity index (χ3n) is 4.44. The van der Waals surface area contributed by atoms with Crippen LogP contribution < -0.4 is 4.72 Å². The van der Waals surface area contributed by atoms with Gasteiger partial charge in [-0.1, -0.05) is 35.9 Å². The van der Waals surface area contributed by atoms with Gasteiger partial charge in [0.1, 0.15) is 5.82 Å². The largest absolute Gasteiger partial charge is 0.283 e. The molecule has 1 aliphatic rings. The molecule has 1 aliphatic heterocycles. The summed E-state index contributed by atoms with van der Waals surface area (Å²) in [7, 11) is -3.48. The Kier molecular flexibility index (Phi) is 5.71. The highest BCUT2D eigenvalue weighted by Crippen LogP contribution is 2.37. The van der Waals surface area contributed by atoms with Crippen molar-refractivity contribution in [3.05, 3.63) is 64.4 Å². The highest BCUT2D eigenvalue weighted by molar-refractivity contribution is 7.92. The average molecular weight is 424 g/mol. The van der Waals surface area contributed by atoms with Crippen LogP contribution in [0.3, 0.4) is 0 Å². The van der Waals surface area contributed by atoms with Crippen molar-refractivity contribution in [2.24, 2.45) is 5.10 Å². The van der Waals surface area contributed by atoms with Crippen LogP contribution in [0.1, 0.15) is 37.4 Å². The fourth-order valence-corrected chi connectivity index (χ4v) is 3.99. The van der Waals surface area contributed by atoms with Gasteiger partial charge in [-0.3, -0.25) is 9.52 Å². The number of para-hydroxylation sites is 1. The lowest BCUT2D eigenvalue weighted by Gasteiger charge is -2.21. The fraction of sp³-hybridized carbons (Fsp3) is 0.263. The van der Waals surface area contributed by atoms with E-state index in [2.05, 4.69) is 9.82 Å². The summed E-state index contributed by atoms with van der Waals surface area (Å²) >= 11 is 6.19. The predicted octanol–water partition coefficient (Wildman–Crippen LogP) is 3.94. The van der Waals surface area contributed by atoms with Crippen LogP contribution in [0, 0.1) is 5.82 Å². The van der Waals surface area contributed by atoms with E-state index in [4.69, 9.17) is 11.6 Å². The minimum atomic E-state index is -3.48. The first-order chi connectivity index (χ1) is 13.2. The van der Waals surface area contributed by atoms with Crippen molar-refractivity contribution >= 4 is 38.9 Å². The van der Waals surface area contributed by atoms with Gasteiger partial charge in [-0.2, -0.15) is 5.10 Å². The van der Waals surface area contributed by atoms with Crippen LogP contribution >= 0.6 is 11.6 Å². The summed E-state index contributed by atoms with van der Waals surface area (Å²) in [5.74, 6) is -0.838. The van der Waals surface area contributed by atoms with Crippen molar-refractivity contribution in [3.8, 4) is 0 Å². The smallest absolute Gasteiger partial charge is 0.240 e. The number of nitrogens with zero attached hydrogens (tertiary/aromatic N) is 2. The molecule has 0 fully saturated rings. The number of nitrogens with one attached hydrogen (secondary N) is 1. The van der Waals surface area contributed by atoms with Gasteiger partial charge in [0, 0.05) is 23.9 Å². The van der Waals surface area contributed by atoms with E-state index >= 15 is 0 Å². The predicted molar refractivity (Wildman–Crippen MR) is 107 cm³/mol. The van der Waals surface area contributed by atoms with Crippen LogP contribution in [-0.4, -0.2) is 30.8 Å². The molecule has 148 valence electrons. The lowest BCUT2D eigenvalue weighted by Crippen LogP contribution is -2.24. The summed E-state index contributed by atoms with van der Waals surface area (Å²) in [6, 6.07) is 10.3. The van der Waals surface area contributed by atoms with E-state index in [-0.39, 0.29) is 16.7 Å². The zero-order valence-corrected chi connectivity index (χ0v) is 16.9. The summed E-state index contributed by atoms with van der Waals surface area (Å²) in [5, 5.41) is 5.90.